The first kappa shape index (κ1) is 19.0. The van der Waals surface area contributed by atoms with Crippen LogP contribution in [-0.2, 0) is 4.79 Å². The van der Waals surface area contributed by atoms with E-state index in [9.17, 15) is 9.90 Å². The van der Waals surface area contributed by atoms with Gasteiger partial charge in [-0.2, -0.15) is 0 Å². The number of amides is 1. The van der Waals surface area contributed by atoms with Gasteiger partial charge in [-0.15, -0.1) is 0 Å². The summed E-state index contributed by atoms with van der Waals surface area (Å²) in [4.78, 5) is 10.8. The molecular formula is C17H26N2O4. The normalized spacial score (nSPS) is 12.4. The molecule has 0 saturated heterocycles. The van der Waals surface area contributed by atoms with Crippen molar-refractivity contribution in [2.45, 2.75) is 32.9 Å². The van der Waals surface area contributed by atoms with Crippen LogP contribution < -0.4 is 20.1 Å². The van der Waals surface area contributed by atoms with Gasteiger partial charge in [0.05, 0.1) is 7.11 Å². The summed E-state index contributed by atoms with van der Waals surface area (Å²) in [5.41, 5.74) is 0.866. The molecule has 1 atom stereocenters. The number of methoxy groups -OCH3 is 1. The van der Waals surface area contributed by atoms with Crippen molar-refractivity contribution in [3.8, 4) is 11.5 Å². The van der Waals surface area contributed by atoms with Crippen LogP contribution in [0.1, 0.15) is 26.3 Å². The molecule has 1 unspecified atom stereocenters. The molecule has 0 radical (unpaired) electrons. The van der Waals surface area contributed by atoms with Gasteiger partial charge in [0.15, 0.2) is 11.5 Å². The Hall–Kier alpha value is -2.05. The SMILES string of the molecule is COc1cc(C=CNC(C)=O)ccc1OCC(O)CNC(C)C. The molecule has 6 heteroatoms. The molecule has 128 valence electrons. The van der Waals surface area contributed by atoms with E-state index in [0.29, 0.717) is 24.1 Å². The van der Waals surface area contributed by atoms with Gasteiger partial charge < -0.3 is 25.2 Å². The third-order valence-electron chi connectivity index (χ3n) is 2.94. The smallest absolute Gasteiger partial charge is 0.220 e. The lowest BCUT2D eigenvalue weighted by molar-refractivity contribution is -0.118. The number of carbonyl (C=O) groups is 1. The molecule has 0 spiro atoms. The number of hydrogen-bond donors (Lipinski definition) is 3. The quantitative estimate of drug-likeness (QED) is 0.643. The number of hydrogen-bond acceptors (Lipinski definition) is 5. The van der Waals surface area contributed by atoms with E-state index in [0.717, 1.165) is 5.56 Å². The van der Waals surface area contributed by atoms with Crippen molar-refractivity contribution in [1.82, 2.24) is 10.6 Å². The maximum Gasteiger partial charge on any atom is 0.220 e. The van der Waals surface area contributed by atoms with E-state index in [2.05, 4.69) is 10.6 Å². The van der Waals surface area contributed by atoms with E-state index in [-0.39, 0.29) is 12.5 Å². The van der Waals surface area contributed by atoms with Crippen molar-refractivity contribution >= 4 is 12.0 Å². The molecule has 0 aliphatic heterocycles. The van der Waals surface area contributed by atoms with Gasteiger partial charge >= 0.3 is 0 Å². The fourth-order valence-electron chi connectivity index (χ4n) is 1.78. The van der Waals surface area contributed by atoms with Crippen molar-refractivity contribution in [1.29, 1.82) is 0 Å². The molecule has 0 saturated carbocycles. The highest BCUT2D eigenvalue weighted by atomic mass is 16.5. The van der Waals surface area contributed by atoms with Crippen LogP contribution >= 0.6 is 0 Å². The zero-order valence-electron chi connectivity index (χ0n) is 14.1. The zero-order chi connectivity index (χ0) is 17.2. The summed E-state index contributed by atoms with van der Waals surface area (Å²) >= 11 is 0. The second kappa shape index (κ2) is 9.86. The number of benzene rings is 1. The standard InChI is InChI=1S/C17H26N2O4/c1-12(2)19-10-15(21)11-23-16-6-5-14(9-17(16)22-4)7-8-18-13(3)20/h5-9,12,15,19,21H,10-11H2,1-4H3,(H,18,20). The lowest BCUT2D eigenvalue weighted by Gasteiger charge is -2.16. The van der Waals surface area contributed by atoms with Crippen LogP contribution in [0.5, 0.6) is 11.5 Å². The molecule has 1 aromatic carbocycles. The van der Waals surface area contributed by atoms with Gasteiger partial charge in [-0.25, -0.2) is 0 Å². The van der Waals surface area contributed by atoms with E-state index in [4.69, 9.17) is 9.47 Å². The van der Waals surface area contributed by atoms with Gasteiger partial charge in [-0.1, -0.05) is 19.9 Å². The Morgan fingerprint density at radius 1 is 1.35 bits per heavy atom. The fourth-order valence-corrected chi connectivity index (χ4v) is 1.78. The van der Waals surface area contributed by atoms with Crippen molar-refractivity contribution in [3.63, 3.8) is 0 Å². The summed E-state index contributed by atoms with van der Waals surface area (Å²) in [7, 11) is 1.56. The number of carbonyl (C=O) groups excluding carboxylic acids is 1. The van der Waals surface area contributed by atoms with Crippen LogP contribution in [0.2, 0.25) is 0 Å². The monoisotopic (exact) mass is 322 g/mol. The minimum Gasteiger partial charge on any atom is -0.493 e. The number of nitrogens with one attached hydrogen (secondary N) is 2. The van der Waals surface area contributed by atoms with Gasteiger partial charge in [0.2, 0.25) is 5.91 Å². The Labute approximate surface area is 137 Å². The Morgan fingerprint density at radius 2 is 2.09 bits per heavy atom. The summed E-state index contributed by atoms with van der Waals surface area (Å²) in [5, 5.41) is 15.6. The summed E-state index contributed by atoms with van der Waals surface area (Å²) < 4.78 is 10.9. The van der Waals surface area contributed by atoms with Gasteiger partial charge in [0.1, 0.15) is 12.7 Å². The summed E-state index contributed by atoms with van der Waals surface area (Å²) in [6, 6.07) is 5.73. The third-order valence-corrected chi connectivity index (χ3v) is 2.94. The van der Waals surface area contributed by atoms with Gasteiger partial charge in [-0.3, -0.25) is 4.79 Å². The predicted octanol–water partition coefficient (Wildman–Crippen LogP) is 1.54. The van der Waals surface area contributed by atoms with Crippen LogP contribution in [-0.4, -0.2) is 43.4 Å². The summed E-state index contributed by atoms with van der Waals surface area (Å²) in [6.07, 6.45) is 2.73. The number of ether oxygens (including phenoxy) is 2. The van der Waals surface area contributed by atoms with Crippen molar-refractivity contribution in [2.24, 2.45) is 0 Å². The molecule has 0 aliphatic rings. The number of aliphatic hydroxyl groups excluding tert-OH is 1. The molecule has 1 aromatic rings. The van der Waals surface area contributed by atoms with E-state index >= 15 is 0 Å². The minimum absolute atomic E-state index is 0.128. The largest absolute Gasteiger partial charge is 0.493 e. The molecule has 0 bridgehead atoms. The number of aliphatic hydroxyl groups is 1. The molecule has 1 rings (SSSR count). The number of rotatable bonds is 9. The van der Waals surface area contributed by atoms with E-state index in [1.54, 1.807) is 31.5 Å². The zero-order valence-corrected chi connectivity index (χ0v) is 14.1. The van der Waals surface area contributed by atoms with Gasteiger partial charge in [-0.05, 0) is 23.8 Å². The summed E-state index contributed by atoms with van der Waals surface area (Å²) in [5.74, 6) is 1.00. The van der Waals surface area contributed by atoms with Crippen molar-refractivity contribution in [3.05, 3.63) is 30.0 Å². The lowest BCUT2D eigenvalue weighted by Crippen LogP contribution is -2.35. The van der Waals surface area contributed by atoms with Gasteiger partial charge in [0, 0.05) is 25.7 Å². The Bertz CT molecular complexity index is 529. The summed E-state index contributed by atoms with van der Waals surface area (Å²) in [6.45, 7) is 6.13. The Morgan fingerprint density at radius 3 is 2.70 bits per heavy atom. The highest BCUT2D eigenvalue weighted by Crippen LogP contribution is 2.28. The topological polar surface area (TPSA) is 79.8 Å². The van der Waals surface area contributed by atoms with E-state index in [1.165, 1.54) is 6.92 Å². The second-order valence-electron chi connectivity index (χ2n) is 5.47. The first-order chi connectivity index (χ1) is 10.9. The molecule has 3 N–H and O–H groups in total. The minimum atomic E-state index is -0.596. The first-order valence-corrected chi connectivity index (χ1v) is 7.58. The molecular weight excluding hydrogens is 296 g/mol. The Kier molecular flexibility index (Phi) is 8.15. The maximum absolute atomic E-state index is 10.8. The van der Waals surface area contributed by atoms with Crippen LogP contribution in [0.4, 0.5) is 0 Å². The predicted molar refractivity (Wildman–Crippen MR) is 90.5 cm³/mol. The highest BCUT2D eigenvalue weighted by molar-refractivity contribution is 5.75. The molecule has 0 heterocycles. The molecule has 0 aromatic heterocycles. The van der Waals surface area contributed by atoms with Crippen LogP contribution in [0, 0.1) is 0 Å². The first-order valence-electron chi connectivity index (χ1n) is 7.58. The van der Waals surface area contributed by atoms with E-state index in [1.807, 2.05) is 19.9 Å². The average Bonchev–Trinajstić information content (AvgIpc) is 2.51. The lowest BCUT2D eigenvalue weighted by atomic mass is 10.2. The molecule has 0 fully saturated rings. The molecule has 23 heavy (non-hydrogen) atoms. The average molecular weight is 322 g/mol. The highest BCUT2D eigenvalue weighted by Gasteiger charge is 2.09. The second-order valence-corrected chi connectivity index (χ2v) is 5.47. The van der Waals surface area contributed by atoms with E-state index < -0.39 is 6.10 Å². The van der Waals surface area contributed by atoms with Crippen molar-refractivity contribution in [2.75, 3.05) is 20.3 Å². The fraction of sp³-hybridized carbons (Fsp3) is 0.471. The molecule has 1 amide bonds. The molecule has 0 aliphatic carbocycles. The van der Waals surface area contributed by atoms with Crippen LogP contribution in [0.3, 0.4) is 0 Å². The van der Waals surface area contributed by atoms with Gasteiger partial charge in [0.25, 0.3) is 0 Å². The maximum atomic E-state index is 10.8. The Balaban J connectivity index is 2.62. The van der Waals surface area contributed by atoms with Crippen LogP contribution in [0.15, 0.2) is 24.4 Å². The third kappa shape index (κ3) is 7.67. The molecule has 6 nitrogen and oxygen atoms in total. The van der Waals surface area contributed by atoms with Crippen LogP contribution in [0.25, 0.3) is 6.08 Å². The van der Waals surface area contributed by atoms with Crippen molar-refractivity contribution < 1.29 is 19.4 Å².